The molecule has 3 aromatic rings. The van der Waals surface area contributed by atoms with Gasteiger partial charge in [-0.05, 0) is 82.2 Å². The zero-order valence-electron chi connectivity index (χ0n) is 19.8. The van der Waals surface area contributed by atoms with Crippen molar-refractivity contribution in [3.8, 4) is 0 Å². The number of rotatable bonds is 3. The van der Waals surface area contributed by atoms with E-state index in [4.69, 9.17) is 0 Å². The van der Waals surface area contributed by atoms with E-state index in [1.54, 1.807) is 0 Å². The molecule has 1 saturated carbocycles. The second-order valence-corrected chi connectivity index (χ2v) is 9.70. The van der Waals surface area contributed by atoms with Crippen LogP contribution in [0.1, 0.15) is 53.5 Å². The highest BCUT2D eigenvalue weighted by Crippen LogP contribution is 2.47. The van der Waals surface area contributed by atoms with Crippen LogP contribution < -0.4 is 0 Å². The van der Waals surface area contributed by atoms with Gasteiger partial charge in [-0.3, -0.25) is 0 Å². The first kappa shape index (κ1) is 21.5. The predicted molar refractivity (Wildman–Crippen MR) is 141 cm³/mol. The molecular weight excluding hydrogens is 396 g/mol. The van der Waals surface area contributed by atoms with Gasteiger partial charge < -0.3 is 0 Å². The summed E-state index contributed by atoms with van der Waals surface area (Å²) in [6.07, 6.45) is 5.41. The van der Waals surface area contributed by atoms with Crippen LogP contribution in [0.4, 0.5) is 0 Å². The van der Waals surface area contributed by atoms with Gasteiger partial charge in [-0.15, -0.1) is 0 Å². The van der Waals surface area contributed by atoms with Gasteiger partial charge in [0.1, 0.15) is 0 Å². The van der Waals surface area contributed by atoms with Crippen LogP contribution in [0.15, 0.2) is 120 Å². The van der Waals surface area contributed by atoms with Crippen LogP contribution in [-0.4, -0.2) is 0 Å². The summed E-state index contributed by atoms with van der Waals surface area (Å²) in [4.78, 5) is 0. The highest BCUT2D eigenvalue weighted by Gasteiger charge is 2.31. The summed E-state index contributed by atoms with van der Waals surface area (Å²) in [5.74, 6) is 0.655. The van der Waals surface area contributed by atoms with Crippen LogP contribution in [0.5, 0.6) is 0 Å². The molecule has 2 unspecified atom stereocenters. The first-order valence-corrected chi connectivity index (χ1v) is 12.0. The van der Waals surface area contributed by atoms with E-state index in [1.165, 1.54) is 55.7 Å². The molecule has 0 bridgehead atoms. The molecule has 0 aliphatic heterocycles. The third kappa shape index (κ3) is 4.07. The fraction of sp³-hybridized carbons (Fsp3) is 0.212. The number of fused-ring (bicyclic) bond motifs is 1. The van der Waals surface area contributed by atoms with E-state index in [0.29, 0.717) is 5.92 Å². The van der Waals surface area contributed by atoms with Crippen molar-refractivity contribution >= 4 is 5.57 Å². The minimum atomic E-state index is 0.212. The molecule has 0 heterocycles. The Labute approximate surface area is 198 Å². The van der Waals surface area contributed by atoms with E-state index in [9.17, 15) is 0 Å². The molecule has 0 heteroatoms. The van der Waals surface area contributed by atoms with Gasteiger partial charge in [0.05, 0.1) is 0 Å². The molecule has 2 aliphatic carbocycles. The summed E-state index contributed by atoms with van der Waals surface area (Å²) in [6, 6.07) is 28.8. The van der Waals surface area contributed by atoms with Gasteiger partial charge in [-0.25, -0.2) is 0 Å². The average molecular weight is 429 g/mol. The highest BCUT2D eigenvalue weighted by molar-refractivity contribution is 5.79. The Hall–Kier alpha value is -3.38. The monoisotopic (exact) mass is 428 g/mol. The second-order valence-electron chi connectivity index (χ2n) is 9.70. The number of hydrogen-bond acceptors (Lipinski definition) is 0. The Bertz CT molecular complexity index is 1280. The number of benzene rings is 3. The van der Waals surface area contributed by atoms with Crippen molar-refractivity contribution in [3.05, 3.63) is 148 Å². The van der Waals surface area contributed by atoms with E-state index in [1.807, 2.05) is 0 Å². The lowest BCUT2D eigenvalue weighted by atomic mass is 9.70. The molecule has 5 rings (SSSR count). The van der Waals surface area contributed by atoms with Crippen LogP contribution >= 0.6 is 0 Å². The molecule has 0 nitrogen and oxygen atoms in total. The highest BCUT2D eigenvalue weighted by atomic mass is 14.3. The first-order valence-electron chi connectivity index (χ1n) is 12.0. The zero-order valence-corrected chi connectivity index (χ0v) is 19.8. The van der Waals surface area contributed by atoms with E-state index in [-0.39, 0.29) is 5.92 Å². The van der Waals surface area contributed by atoms with Crippen LogP contribution in [0.2, 0.25) is 0 Å². The maximum Gasteiger partial charge on any atom is 0.0348 e. The maximum atomic E-state index is 4.47. The SMILES string of the molecule is C=C1CC(=C)/C(=C\C2=C(c3ccccc3)Cc3ccccc3C2c2ccccc2C)C(C)C1. The van der Waals surface area contributed by atoms with Crippen molar-refractivity contribution in [2.24, 2.45) is 5.92 Å². The molecule has 0 saturated heterocycles. The third-order valence-electron chi connectivity index (χ3n) is 7.32. The lowest BCUT2D eigenvalue weighted by Gasteiger charge is -2.34. The summed E-state index contributed by atoms with van der Waals surface area (Å²) in [7, 11) is 0. The van der Waals surface area contributed by atoms with Crippen molar-refractivity contribution in [1.29, 1.82) is 0 Å². The minimum absolute atomic E-state index is 0.212. The largest absolute Gasteiger partial charge is 0.0995 e. The third-order valence-corrected chi connectivity index (χ3v) is 7.32. The van der Waals surface area contributed by atoms with Gasteiger partial charge in [0.25, 0.3) is 0 Å². The quantitative estimate of drug-likeness (QED) is 0.366. The smallest absolute Gasteiger partial charge is 0.0348 e. The van der Waals surface area contributed by atoms with Crippen molar-refractivity contribution in [2.75, 3.05) is 0 Å². The van der Waals surface area contributed by atoms with Gasteiger partial charge in [0.15, 0.2) is 0 Å². The zero-order chi connectivity index (χ0) is 22.9. The molecule has 1 fully saturated rings. The Kier molecular flexibility index (Phi) is 5.77. The lowest BCUT2D eigenvalue weighted by molar-refractivity contribution is 0.632. The van der Waals surface area contributed by atoms with E-state index in [2.05, 4.69) is 112 Å². The average Bonchev–Trinajstić information content (AvgIpc) is 2.82. The molecule has 0 radical (unpaired) electrons. The molecule has 33 heavy (non-hydrogen) atoms. The van der Waals surface area contributed by atoms with Gasteiger partial charge >= 0.3 is 0 Å². The second kappa shape index (κ2) is 8.87. The molecule has 0 amide bonds. The van der Waals surface area contributed by atoms with Crippen molar-refractivity contribution in [2.45, 2.75) is 39.0 Å². The van der Waals surface area contributed by atoms with Crippen molar-refractivity contribution in [3.63, 3.8) is 0 Å². The fourth-order valence-corrected chi connectivity index (χ4v) is 5.71. The maximum absolute atomic E-state index is 4.47. The van der Waals surface area contributed by atoms with Crippen molar-refractivity contribution in [1.82, 2.24) is 0 Å². The Morgan fingerprint density at radius 2 is 1.45 bits per heavy atom. The van der Waals surface area contributed by atoms with Crippen LogP contribution in [0.25, 0.3) is 5.57 Å². The van der Waals surface area contributed by atoms with Gasteiger partial charge in [0.2, 0.25) is 0 Å². The van der Waals surface area contributed by atoms with Crippen molar-refractivity contribution < 1.29 is 0 Å². The Balaban J connectivity index is 1.80. The van der Waals surface area contributed by atoms with E-state index >= 15 is 0 Å². The van der Waals surface area contributed by atoms with Crippen LogP contribution in [0, 0.1) is 12.8 Å². The van der Waals surface area contributed by atoms with E-state index in [0.717, 1.165) is 19.3 Å². The molecule has 164 valence electrons. The molecule has 2 aliphatic rings. The minimum Gasteiger partial charge on any atom is -0.0995 e. The van der Waals surface area contributed by atoms with Crippen LogP contribution in [0.3, 0.4) is 0 Å². The summed E-state index contributed by atoms with van der Waals surface area (Å²) in [6.45, 7) is 13.3. The summed E-state index contributed by atoms with van der Waals surface area (Å²) < 4.78 is 0. The summed E-state index contributed by atoms with van der Waals surface area (Å²) >= 11 is 0. The molecule has 0 aromatic heterocycles. The molecule has 3 aromatic carbocycles. The first-order chi connectivity index (χ1) is 16.0. The topological polar surface area (TPSA) is 0 Å². The number of aryl methyl sites for hydroxylation is 1. The van der Waals surface area contributed by atoms with Crippen LogP contribution in [-0.2, 0) is 6.42 Å². The normalized spacial score (nSPS) is 21.9. The summed E-state index contributed by atoms with van der Waals surface area (Å²) in [5.41, 5.74) is 13.7. The lowest BCUT2D eigenvalue weighted by Crippen LogP contribution is -2.18. The molecule has 0 spiro atoms. The number of hydrogen-bond donors (Lipinski definition) is 0. The van der Waals surface area contributed by atoms with Gasteiger partial charge in [0, 0.05) is 5.92 Å². The molecular formula is C33H32. The fourth-order valence-electron chi connectivity index (χ4n) is 5.71. The Morgan fingerprint density at radius 1 is 0.788 bits per heavy atom. The van der Waals surface area contributed by atoms with Gasteiger partial charge in [-0.2, -0.15) is 0 Å². The Morgan fingerprint density at radius 3 is 2.18 bits per heavy atom. The molecule has 0 N–H and O–H groups in total. The predicted octanol–water partition coefficient (Wildman–Crippen LogP) is 8.61. The standard InChI is InChI=1S/C33H32/c1-22-18-24(3)30(25(4)19-22)21-32-31(26-13-6-5-7-14-26)20-27-15-9-11-17-29(27)33(32)28-16-10-8-12-23(28)2/h5-17,21,25,33H,1,3,18-20H2,2,4H3/b30-21+. The van der Waals surface area contributed by atoms with Gasteiger partial charge in [-0.1, -0.05) is 111 Å². The summed E-state index contributed by atoms with van der Waals surface area (Å²) in [5, 5.41) is 0. The number of allylic oxidation sites excluding steroid dienone is 6. The van der Waals surface area contributed by atoms with E-state index < -0.39 is 0 Å². The molecule has 2 atom stereocenters.